The molecule has 1 aromatic heterocycles. The minimum absolute atomic E-state index is 0.107. The lowest BCUT2D eigenvalue weighted by molar-refractivity contribution is 0.304. The Labute approximate surface area is 117 Å². The predicted molar refractivity (Wildman–Crippen MR) is 81.2 cm³/mol. The van der Waals surface area contributed by atoms with Crippen LogP contribution in [0.2, 0.25) is 0 Å². The van der Waals surface area contributed by atoms with Crippen LogP contribution in [-0.2, 0) is 13.1 Å². The lowest BCUT2D eigenvalue weighted by Gasteiger charge is -2.19. The second-order valence-electron chi connectivity index (χ2n) is 6.55. The maximum atomic E-state index is 5.93. The average molecular weight is 264 g/mol. The molecule has 0 bridgehead atoms. The molecule has 0 spiro atoms. The van der Waals surface area contributed by atoms with Crippen molar-refractivity contribution in [2.75, 3.05) is 13.6 Å². The molecule has 108 valence electrons. The van der Waals surface area contributed by atoms with Gasteiger partial charge in [0, 0.05) is 12.1 Å². The van der Waals surface area contributed by atoms with E-state index in [9.17, 15) is 0 Å². The zero-order valence-corrected chi connectivity index (χ0v) is 13.3. The van der Waals surface area contributed by atoms with Crippen LogP contribution in [0.25, 0.3) is 0 Å². The van der Waals surface area contributed by atoms with Crippen LogP contribution in [0, 0.1) is 6.92 Å². The first-order chi connectivity index (χ1) is 8.67. The Morgan fingerprint density at radius 3 is 2.58 bits per heavy atom. The SMILES string of the molecule is C=C(C)CN(C)Cc1cc(C)c(CNC(C)(C)C)o1. The molecule has 0 aliphatic rings. The van der Waals surface area contributed by atoms with Crippen LogP contribution in [0.1, 0.15) is 44.8 Å². The van der Waals surface area contributed by atoms with Crippen LogP contribution in [0.3, 0.4) is 0 Å². The number of rotatable bonds is 6. The van der Waals surface area contributed by atoms with Crippen molar-refractivity contribution in [3.8, 4) is 0 Å². The van der Waals surface area contributed by atoms with Crippen LogP contribution in [0.15, 0.2) is 22.6 Å². The highest BCUT2D eigenvalue weighted by molar-refractivity contribution is 5.20. The van der Waals surface area contributed by atoms with Crippen LogP contribution in [0.4, 0.5) is 0 Å². The average Bonchev–Trinajstić information content (AvgIpc) is 2.53. The number of furan rings is 1. The van der Waals surface area contributed by atoms with Gasteiger partial charge in [0.05, 0.1) is 13.1 Å². The van der Waals surface area contributed by atoms with Crippen LogP contribution in [0.5, 0.6) is 0 Å². The van der Waals surface area contributed by atoms with Gasteiger partial charge in [0.1, 0.15) is 11.5 Å². The Morgan fingerprint density at radius 1 is 1.42 bits per heavy atom. The van der Waals surface area contributed by atoms with Gasteiger partial charge in [0.15, 0.2) is 0 Å². The summed E-state index contributed by atoms with van der Waals surface area (Å²) >= 11 is 0. The summed E-state index contributed by atoms with van der Waals surface area (Å²) < 4.78 is 5.93. The molecule has 1 heterocycles. The van der Waals surface area contributed by atoms with Gasteiger partial charge < -0.3 is 9.73 Å². The molecular weight excluding hydrogens is 236 g/mol. The second-order valence-corrected chi connectivity index (χ2v) is 6.55. The van der Waals surface area contributed by atoms with Crippen molar-refractivity contribution < 1.29 is 4.42 Å². The Hall–Kier alpha value is -1.06. The molecule has 3 nitrogen and oxygen atoms in total. The van der Waals surface area contributed by atoms with Crippen molar-refractivity contribution in [3.63, 3.8) is 0 Å². The summed E-state index contributed by atoms with van der Waals surface area (Å²) in [4.78, 5) is 2.21. The highest BCUT2D eigenvalue weighted by atomic mass is 16.3. The fraction of sp³-hybridized carbons (Fsp3) is 0.625. The van der Waals surface area contributed by atoms with Gasteiger partial charge >= 0.3 is 0 Å². The monoisotopic (exact) mass is 264 g/mol. The highest BCUT2D eigenvalue weighted by Gasteiger charge is 2.13. The fourth-order valence-electron chi connectivity index (χ4n) is 1.97. The van der Waals surface area contributed by atoms with E-state index in [0.29, 0.717) is 0 Å². The van der Waals surface area contributed by atoms with Crippen molar-refractivity contribution in [2.24, 2.45) is 0 Å². The molecule has 1 N–H and O–H groups in total. The molecule has 1 aromatic rings. The van der Waals surface area contributed by atoms with Gasteiger partial charge in [-0.05, 0) is 53.3 Å². The molecule has 0 aliphatic carbocycles. The third-order valence-corrected chi connectivity index (χ3v) is 2.82. The minimum atomic E-state index is 0.107. The van der Waals surface area contributed by atoms with Gasteiger partial charge in [-0.2, -0.15) is 0 Å². The van der Waals surface area contributed by atoms with Crippen LogP contribution in [-0.4, -0.2) is 24.0 Å². The van der Waals surface area contributed by atoms with Crippen LogP contribution < -0.4 is 5.32 Å². The summed E-state index contributed by atoms with van der Waals surface area (Å²) in [5.74, 6) is 2.06. The Morgan fingerprint density at radius 2 is 2.05 bits per heavy atom. The molecule has 0 fully saturated rings. The van der Waals surface area contributed by atoms with Gasteiger partial charge in [0.25, 0.3) is 0 Å². The van der Waals surface area contributed by atoms with Gasteiger partial charge in [-0.3, -0.25) is 4.90 Å². The van der Waals surface area contributed by atoms with E-state index in [0.717, 1.165) is 31.2 Å². The standard InChI is InChI=1S/C16H28N2O/c1-12(2)10-18(7)11-14-8-13(3)15(19-14)9-17-16(4,5)6/h8,17H,1,9-11H2,2-7H3. The molecule has 0 atom stereocenters. The molecule has 3 heteroatoms. The molecule has 0 aromatic carbocycles. The first kappa shape index (κ1) is 16.0. The molecule has 0 unspecified atom stereocenters. The molecule has 0 aliphatic heterocycles. The third kappa shape index (κ3) is 6.08. The normalized spacial score (nSPS) is 12.2. The van der Waals surface area contributed by atoms with E-state index in [2.05, 4.69) is 57.6 Å². The van der Waals surface area contributed by atoms with E-state index in [4.69, 9.17) is 4.42 Å². The van der Waals surface area contributed by atoms with E-state index in [1.54, 1.807) is 0 Å². The summed E-state index contributed by atoms with van der Waals surface area (Å²) in [6.45, 7) is 17.1. The van der Waals surface area contributed by atoms with E-state index in [1.165, 1.54) is 11.1 Å². The number of aryl methyl sites for hydroxylation is 1. The Bertz CT molecular complexity index is 426. The van der Waals surface area contributed by atoms with Crippen molar-refractivity contribution in [1.29, 1.82) is 0 Å². The minimum Gasteiger partial charge on any atom is -0.463 e. The van der Waals surface area contributed by atoms with Gasteiger partial charge in [0.2, 0.25) is 0 Å². The Balaban J connectivity index is 2.61. The smallest absolute Gasteiger partial charge is 0.120 e. The van der Waals surface area contributed by atoms with Gasteiger partial charge in [-0.15, -0.1) is 0 Å². The quantitative estimate of drug-likeness (QED) is 0.797. The molecule has 19 heavy (non-hydrogen) atoms. The molecule has 0 amide bonds. The third-order valence-electron chi connectivity index (χ3n) is 2.82. The number of nitrogens with zero attached hydrogens (tertiary/aromatic N) is 1. The molecule has 0 saturated heterocycles. The maximum absolute atomic E-state index is 5.93. The van der Waals surface area contributed by atoms with Gasteiger partial charge in [-0.1, -0.05) is 12.2 Å². The number of nitrogens with one attached hydrogen (secondary N) is 1. The van der Waals surface area contributed by atoms with Crippen molar-refractivity contribution in [3.05, 3.63) is 35.3 Å². The van der Waals surface area contributed by atoms with E-state index in [1.807, 2.05) is 6.92 Å². The number of hydrogen-bond donors (Lipinski definition) is 1. The highest BCUT2D eigenvalue weighted by Crippen LogP contribution is 2.17. The lowest BCUT2D eigenvalue weighted by atomic mass is 10.1. The maximum Gasteiger partial charge on any atom is 0.120 e. The molecular formula is C16H28N2O. The van der Waals surface area contributed by atoms with E-state index < -0.39 is 0 Å². The summed E-state index contributed by atoms with van der Waals surface area (Å²) in [6.07, 6.45) is 0. The fourth-order valence-corrected chi connectivity index (χ4v) is 1.97. The summed E-state index contributed by atoms with van der Waals surface area (Å²) in [5.41, 5.74) is 2.49. The van der Waals surface area contributed by atoms with E-state index in [-0.39, 0.29) is 5.54 Å². The van der Waals surface area contributed by atoms with Gasteiger partial charge in [-0.25, -0.2) is 0 Å². The predicted octanol–water partition coefficient (Wildman–Crippen LogP) is 3.48. The first-order valence-corrected chi connectivity index (χ1v) is 6.83. The second kappa shape index (κ2) is 6.40. The molecule has 0 radical (unpaired) electrons. The van der Waals surface area contributed by atoms with Crippen molar-refractivity contribution >= 4 is 0 Å². The number of likely N-dealkylation sites (N-methyl/N-ethyl adjacent to an activating group) is 1. The van der Waals surface area contributed by atoms with E-state index >= 15 is 0 Å². The summed E-state index contributed by atoms with van der Waals surface area (Å²) in [6, 6.07) is 2.13. The van der Waals surface area contributed by atoms with Crippen molar-refractivity contribution in [2.45, 2.75) is 53.2 Å². The Kier molecular flexibility index (Phi) is 5.39. The lowest BCUT2D eigenvalue weighted by Crippen LogP contribution is -2.35. The first-order valence-electron chi connectivity index (χ1n) is 6.83. The van der Waals surface area contributed by atoms with Crippen LogP contribution >= 0.6 is 0 Å². The number of hydrogen-bond acceptors (Lipinski definition) is 3. The topological polar surface area (TPSA) is 28.4 Å². The van der Waals surface area contributed by atoms with Crippen molar-refractivity contribution in [1.82, 2.24) is 10.2 Å². The largest absolute Gasteiger partial charge is 0.463 e. The summed E-state index contributed by atoms with van der Waals surface area (Å²) in [5, 5.41) is 3.46. The summed E-state index contributed by atoms with van der Waals surface area (Å²) in [7, 11) is 2.08. The zero-order chi connectivity index (χ0) is 14.6. The zero-order valence-electron chi connectivity index (χ0n) is 13.3. The molecule has 1 rings (SSSR count). The molecule has 0 saturated carbocycles.